The van der Waals surface area contributed by atoms with Crippen LogP contribution >= 0.6 is 0 Å². The number of aliphatic hydroxyl groups is 1. The summed E-state index contributed by atoms with van der Waals surface area (Å²) in [5.74, 6) is 0.810. The second-order valence-corrected chi connectivity index (χ2v) is 5.87. The SMILES string of the molecule is CC1CC(NC[C@@H](C)O)CC(C)(C)C1. The van der Waals surface area contributed by atoms with E-state index in [1.807, 2.05) is 6.92 Å². The van der Waals surface area contributed by atoms with E-state index in [0.29, 0.717) is 11.5 Å². The maximum Gasteiger partial charge on any atom is 0.0636 e. The minimum atomic E-state index is -0.227. The lowest BCUT2D eigenvalue weighted by Crippen LogP contribution is -2.42. The smallest absolute Gasteiger partial charge is 0.0636 e. The summed E-state index contributed by atoms with van der Waals surface area (Å²) in [6.45, 7) is 9.59. The average molecular weight is 199 g/mol. The van der Waals surface area contributed by atoms with Crippen LogP contribution in [0, 0.1) is 11.3 Å². The molecular weight excluding hydrogens is 174 g/mol. The van der Waals surface area contributed by atoms with Gasteiger partial charge in [0.05, 0.1) is 6.10 Å². The van der Waals surface area contributed by atoms with Crippen LogP contribution in [0.15, 0.2) is 0 Å². The van der Waals surface area contributed by atoms with Gasteiger partial charge in [0, 0.05) is 12.6 Å². The Morgan fingerprint density at radius 3 is 2.57 bits per heavy atom. The Morgan fingerprint density at radius 2 is 2.07 bits per heavy atom. The molecule has 1 saturated carbocycles. The molecule has 0 bridgehead atoms. The van der Waals surface area contributed by atoms with Crippen molar-refractivity contribution in [3.63, 3.8) is 0 Å². The van der Waals surface area contributed by atoms with Gasteiger partial charge in [-0.3, -0.25) is 0 Å². The van der Waals surface area contributed by atoms with Crippen molar-refractivity contribution in [2.45, 2.75) is 59.1 Å². The molecule has 0 aromatic heterocycles. The van der Waals surface area contributed by atoms with Gasteiger partial charge in [-0.05, 0) is 37.5 Å². The van der Waals surface area contributed by atoms with Crippen molar-refractivity contribution >= 4 is 0 Å². The van der Waals surface area contributed by atoms with Gasteiger partial charge in [-0.1, -0.05) is 20.8 Å². The molecule has 14 heavy (non-hydrogen) atoms. The molecule has 1 rings (SSSR count). The van der Waals surface area contributed by atoms with Gasteiger partial charge < -0.3 is 10.4 Å². The zero-order chi connectivity index (χ0) is 10.8. The third kappa shape index (κ3) is 3.97. The van der Waals surface area contributed by atoms with Crippen molar-refractivity contribution in [1.82, 2.24) is 5.32 Å². The van der Waals surface area contributed by atoms with E-state index in [1.54, 1.807) is 0 Å². The highest BCUT2D eigenvalue weighted by molar-refractivity contribution is 4.86. The first kappa shape index (κ1) is 12.0. The zero-order valence-corrected chi connectivity index (χ0v) is 10.0. The lowest BCUT2D eigenvalue weighted by Gasteiger charge is -2.39. The number of hydrogen-bond acceptors (Lipinski definition) is 2. The molecule has 0 aromatic rings. The first-order valence-corrected chi connectivity index (χ1v) is 5.80. The molecule has 2 N–H and O–H groups in total. The fourth-order valence-corrected chi connectivity index (χ4v) is 2.84. The highest BCUT2D eigenvalue weighted by atomic mass is 16.3. The highest BCUT2D eigenvalue weighted by Gasteiger charge is 2.31. The second-order valence-electron chi connectivity index (χ2n) is 5.87. The van der Waals surface area contributed by atoms with Crippen LogP contribution in [0.3, 0.4) is 0 Å². The summed E-state index contributed by atoms with van der Waals surface area (Å²) in [4.78, 5) is 0. The maximum absolute atomic E-state index is 9.22. The fraction of sp³-hybridized carbons (Fsp3) is 1.00. The first-order valence-electron chi connectivity index (χ1n) is 5.80. The third-order valence-corrected chi connectivity index (χ3v) is 3.09. The topological polar surface area (TPSA) is 32.3 Å². The Labute approximate surface area is 88.1 Å². The standard InChI is InChI=1S/C12H25NO/c1-9-5-11(13-8-10(2)14)7-12(3,4)6-9/h9-11,13-14H,5-8H2,1-4H3/t9?,10-,11?/m1/s1. The van der Waals surface area contributed by atoms with Crippen molar-refractivity contribution in [3.05, 3.63) is 0 Å². The molecule has 0 heterocycles. The van der Waals surface area contributed by atoms with Gasteiger partial charge >= 0.3 is 0 Å². The van der Waals surface area contributed by atoms with Gasteiger partial charge in [0.2, 0.25) is 0 Å². The maximum atomic E-state index is 9.22. The van der Waals surface area contributed by atoms with Crippen molar-refractivity contribution in [3.8, 4) is 0 Å². The minimum Gasteiger partial charge on any atom is -0.392 e. The van der Waals surface area contributed by atoms with Crippen LogP contribution in [0.5, 0.6) is 0 Å². The van der Waals surface area contributed by atoms with Crippen molar-refractivity contribution in [2.75, 3.05) is 6.54 Å². The largest absolute Gasteiger partial charge is 0.392 e. The molecule has 0 aliphatic heterocycles. The predicted molar refractivity (Wildman–Crippen MR) is 60.3 cm³/mol. The Bertz CT molecular complexity index is 177. The van der Waals surface area contributed by atoms with Crippen LogP contribution in [0.25, 0.3) is 0 Å². The number of nitrogens with one attached hydrogen (secondary N) is 1. The van der Waals surface area contributed by atoms with Crippen molar-refractivity contribution in [2.24, 2.45) is 11.3 Å². The summed E-state index contributed by atoms with van der Waals surface area (Å²) < 4.78 is 0. The summed E-state index contributed by atoms with van der Waals surface area (Å²) >= 11 is 0. The van der Waals surface area contributed by atoms with Gasteiger partial charge in [-0.25, -0.2) is 0 Å². The van der Waals surface area contributed by atoms with Crippen molar-refractivity contribution < 1.29 is 5.11 Å². The molecule has 84 valence electrons. The van der Waals surface area contributed by atoms with Gasteiger partial charge in [-0.2, -0.15) is 0 Å². The van der Waals surface area contributed by atoms with Crippen LogP contribution in [-0.4, -0.2) is 23.8 Å². The Balaban J connectivity index is 2.38. The molecule has 0 aromatic carbocycles. The monoisotopic (exact) mass is 199 g/mol. The Kier molecular flexibility index (Phi) is 3.96. The molecule has 0 radical (unpaired) electrons. The molecule has 1 aliphatic rings. The van der Waals surface area contributed by atoms with Crippen LogP contribution in [0.4, 0.5) is 0 Å². The van der Waals surface area contributed by atoms with Crippen LogP contribution < -0.4 is 5.32 Å². The molecule has 0 amide bonds. The number of rotatable bonds is 3. The normalized spacial score (nSPS) is 34.1. The lowest BCUT2D eigenvalue weighted by atomic mass is 9.70. The van der Waals surface area contributed by atoms with E-state index in [1.165, 1.54) is 19.3 Å². The Hall–Kier alpha value is -0.0800. The van der Waals surface area contributed by atoms with Crippen molar-refractivity contribution in [1.29, 1.82) is 0 Å². The van der Waals surface area contributed by atoms with E-state index in [2.05, 4.69) is 26.1 Å². The molecule has 1 aliphatic carbocycles. The molecule has 0 saturated heterocycles. The lowest BCUT2D eigenvalue weighted by molar-refractivity contribution is 0.132. The van der Waals surface area contributed by atoms with Crippen LogP contribution in [0.2, 0.25) is 0 Å². The summed E-state index contributed by atoms with van der Waals surface area (Å²) in [5, 5.41) is 12.7. The van der Waals surface area contributed by atoms with Gasteiger partial charge in [0.15, 0.2) is 0 Å². The molecular formula is C12H25NO. The predicted octanol–water partition coefficient (Wildman–Crippen LogP) is 2.17. The summed E-state index contributed by atoms with van der Waals surface area (Å²) in [6, 6.07) is 0.600. The van der Waals surface area contributed by atoms with Crippen LogP contribution in [-0.2, 0) is 0 Å². The zero-order valence-electron chi connectivity index (χ0n) is 10.0. The number of aliphatic hydroxyl groups excluding tert-OH is 1. The van der Waals surface area contributed by atoms with E-state index in [-0.39, 0.29) is 6.10 Å². The molecule has 1 fully saturated rings. The van der Waals surface area contributed by atoms with Gasteiger partial charge in [-0.15, -0.1) is 0 Å². The minimum absolute atomic E-state index is 0.227. The average Bonchev–Trinajstić information content (AvgIpc) is 1.96. The summed E-state index contributed by atoms with van der Waals surface area (Å²) in [5.41, 5.74) is 0.466. The first-order chi connectivity index (χ1) is 6.39. The molecule has 2 heteroatoms. The molecule has 2 nitrogen and oxygen atoms in total. The van der Waals surface area contributed by atoms with E-state index in [9.17, 15) is 5.11 Å². The van der Waals surface area contributed by atoms with E-state index in [4.69, 9.17) is 0 Å². The van der Waals surface area contributed by atoms with E-state index >= 15 is 0 Å². The van der Waals surface area contributed by atoms with E-state index in [0.717, 1.165) is 12.5 Å². The number of hydrogen-bond donors (Lipinski definition) is 2. The Morgan fingerprint density at radius 1 is 1.43 bits per heavy atom. The van der Waals surface area contributed by atoms with E-state index < -0.39 is 0 Å². The fourth-order valence-electron chi connectivity index (χ4n) is 2.84. The van der Waals surface area contributed by atoms with Gasteiger partial charge in [0.25, 0.3) is 0 Å². The third-order valence-electron chi connectivity index (χ3n) is 3.09. The highest BCUT2D eigenvalue weighted by Crippen LogP contribution is 2.38. The van der Waals surface area contributed by atoms with Crippen LogP contribution in [0.1, 0.15) is 47.0 Å². The summed E-state index contributed by atoms with van der Waals surface area (Å²) in [7, 11) is 0. The molecule has 0 spiro atoms. The second kappa shape index (κ2) is 4.63. The van der Waals surface area contributed by atoms with Gasteiger partial charge in [0.1, 0.15) is 0 Å². The molecule has 2 unspecified atom stereocenters. The molecule has 3 atom stereocenters. The quantitative estimate of drug-likeness (QED) is 0.730. The summed E-state index contributed by atoms with van der Waals surface area (Å²) in [6.07, 6.45) is 3.61.